The molecule has 2 fully saturated rings. The average Bonchev–Trinajstić information content (AvgIpc) is 3.12. The van der Waals surface area contributed by atoms with Crippen molar-refractivity contribution in [1.29, 1.82) is 0 Å². The van der Waals surface area contributed by atoms with E-state index in [-0.39, 0.29) is 22.3 Å². The molecule has 10 heteroatoms. The summed E-state index contributed by atoms with van der Waals surface area (Å²) in [6.45, 7) is 6.09. The van der Waals surface area contributed by atoms with Gasteiger partial charge in [-0.15, -0.1) is 0 Å². The summed E-state index contributed by atoms with van der Waals surface area (Å²) < 4.78 is 33.4. The topological polar surface area (TPSA) is 99.3 Å². The lowest BCUT2D eigenvalue weighted by atomic mass is 10.1. The van der Waals surface area contributed by atoms with Crippen molar-refractivity contribution in [3.05, 3.63) is 23.8 Å². The smallest absolute Gasteiger partial charge is 0.257 e. The second-order valence-electron chi connectivity index (χ2n) is 8.60. The Bertz CT molecular complexity index is 921. The van der Waals surface area contributed by atoms with Crippen LogP contribution >= 0.6 is 0 Å². The molecule has 3 rings (SSSR count). The van der Waals surface area contributed by atoms with Crippen LogP contribution in [0.2, 0.25) is 0 Å². The van der Waals surface area contributed by atoms with E-state index in [1.807, 2.05) is 11.8 Å². The SMILES string of the molecule is CCCNC(=O)CN1CCN(C(=O)c2cc(S(=O)(=O)N3CCCCCC3)ccc2OC)CC1. The van der Waals surface area contributed by atoms with Crippen molar-refractivity contribution in [2.75, 3.05) is 59.5 Å². The highest BCUT2D eigenvalue weighted by molar-refractivity contribution is 7.89. The fourth-order valence-corrected chi connectivity index (χ4v) is 5.79. The third-order valence-electron chi connectivity index (χ3n) is 6.20. The number of methoxy groups -OCH3 is 1. The van der Waals surface area contributed by atoms with Crippen LogP contribution in [0.1, 0.15) is 49.4 Å². The molecule has 0 aromatic heterocycles. The molecule has 0 saturated carbocycles. The van der Waals surface area contributed by atoms with Crippen molar-refractivity contribution in [2.45, 2.75) is 43.9 Å². The first-order valence-electron chi connectivity index (χ1n) is 11.8. The van der Waals surface area contributed by atoms with E-state index >= 15 is 0 Å². The molecule has 2 amide bonds. The van der Waals surface area contributed by atoms with Crippen molar-refractivity contribution in [3.63, 3.8) is 0 Å². The zero-order valence-electron chi connectivity index (χ0n) is 19.7. The first-order chi connectivity index (χ1) is 15.9. The van der Waals surface area contributed by atoms with Crippen molar-refractivity contribution in [1.82, 2.24) is 19.4 Å². The monoisotopic (exact) mass is 480 g/mol. The van der Waals surface area contributed by atoms with Crippen molar-refractivity contribution in [2.24, 2.45) is 0 Å². The second kappa shape index (κ2) is 11.8. The van der Waals surface area contributed by atoms with Gasteiger partial charge in [-0.05, 0) is 37.5 Å². The van der Waals surface area contributed by atoms with Crippen LogP contribution in [0.25, 0.3) is 0 Å². The van der Waals surface area contributed by atoms with Crippen molar-refractivity contribution < 1.29 is 22.7 Å². The molecule has 2 aliphatic rings. The Morgan fingerprint density at radius 1 is 1.00 bits per heavy atom. The van der Waals surface area contributed by atoms with E-state index < -0.39 is 10.0 Å². The molecule has 0 bridgehead atoms. The van der Waals surface area contributed by atoms with Gasteiger partial charge in [-0.25, -0.2) is 8.42 Å². The van der Waals surface area contributed by atoms with Gasteiger partial charge in [0.2, 0.25) is 15.9 Å². The standard InChI is InChI=1S/C23H36N4O5S/c1-3-10-24-22(28)18-25-13-15-26(16-14-25)23(29)20-17-19(8-9-21(20)32-2)33(30,31)27-11-6-4-5-7-12-27/h8-9,17H,3-7,10-16,18H2,1-2H3,(H,24,28). The zero-order valence-corrected chi connectivity index (χ0v) is 20.5. The molecule has 0 aliphatic carbocycles. The van der Waals surface area contributed by atoms with E-state index in [0.29, 0.717) is 58.1 Å². The maximum atomic E-state index is 13.3. The third-order valence-corrected chi connectivity index (χ3v) is 8.10. The number of hydrogen-bond acceptors (Lipinski definition) is 6. The Hall–Kier alpha value is -2.17. The Morgan fingerprint density at radius 2 is 1.67 bits per heavy atom. The number of hydrogen-bond donors (Lipinski definition) is 1. The molecule has 2 aliphatic heterocycles. The summed E-state index contributed by atoms with van der Waals surface area (Å²) in [4.78, 5) is 29.1. The van der Waals surface area contributed by atoms with E-state index in [2.05, 4.69) is 5.32 Å². The van der Waals surface area contributed by atoms with Crippen LogP contribution in [0.4, 0.5) is 0 Å². The maximum Gasteiger partial charge on any atom is 0.257 e. The van der Waals surface area contributed by atoms with Gasteiger partial charge < -0.3 is 15.0 Å². The minimum atomic E-state index is -3.67. The van der Waals surface area contributed by atoms with Crippen LogP contribution in [0.5, 0.6) is 5.75 Å². The number of carbonyl (C=O) groups excluding carboxylic acids is 2. The predicted octanol–water partition coefficient (Wildman–Crippen LogP) is 1.54. The number of carbonyl (C=O) groups is 2. The number of nitrogens with one attached hydrogen (secondary N) is 1. The number of rotatable bonds is 8. The van der Waals surface area contributed by atoms with Gasteiger partial charge in [0, 0.05) is 45.8 Å². The highest BCUT2D eigenvalue weighted by Gasteiger charge is 2.29. The summed E-state index contributed by atoms with van der Waals surface area (Å²) in [6, 6.07) is 4.53. The van der Waals surface area contributed by atoms with Crippen LogP contribution in [-0.2, 0) is 14.8 Å². The molecule has 2 heterocycles. The first-order valence-corrected chi connectivity index (χ1v) is 13.3. The lowest BCUT2D eigenvalue weighted by molar-refractivity contribution is -0.122. The summed E-state index contributed by atoms with van der Waals surface area (Å²) in [5.41, 5.74) is 0.252. The quantitative estimate of drug-likeness (QED) is 0.606. The molecular weight excluding hydrogens is 444 g/mol. The molecule has 1 N–H and O–H groups in total. The zero-order chi connectivity index (χ0) is 23.8. The molecule has 1 aromatic carbocycles. The molecular formula is C23H36N4O5S. The van der Waals surface area contributed by atoms with E-state index in [1.54, 1.807) is 11.0 Å². The number of sulfonamides is 1. The normalized spacial score (nSPS) is 18.5. The van der Waals surface area contributed by atoms with Gasteiger partial charge in [0.05, 0.1) is 24.1 Å². The van der Waals surface area contributed by atoms with Crippen LogP contribution < -0.4 is 10.1 Å². The first kappa shape index (κ1) is 25.5. The van der Waals surface area contributed by atoms with Crippen LogP contribution in [-0.4, -0.2) is 93.8 Å². The van der Waals surface area contributed by atoms with Gasteiger partial charge in [0.1, 0.15) is 5.75 Å². The Kier molecular flexibility index (Phi) is 9.10. The second-order valence-corrected chi connectivity index (χ2v) is 10.5. The molecule has 33 heavy (non-hydrogen) atoms. The van der Waals surface area contributed by atoms with Crippen molar-refractivity contribution >= 4 is 21.8 Å². The molecule has 0 atom stereocenters. The largest absolute Gasteiger partial charge is 0.496 e. The summed E-state index contributed by atoms with van der Waals surface area (Å²) in [7, 11) is -2.20. The molecule has 2 saturated heterocycles. The van der Waals surface area contributed by atoms with E-state index in [1.165, 1.54) is 23.5 Å². The molecule has 9 nitrogen and oxygen atoms in total. The molecule has 0 unspecified atom stereocenters. The number of benzene rings is 1. The van der Waals surface area contributed by atoms with Gasteiger partial charge in [-0.1, -0.05) is 19.8 Å². The van der Waals surface area contributed by atoms with Crippen LogP contribution in [0.3, 0.4) is 0 Å². The fraction of sp³-hybridized carbons (Fsp3) is 0.652. The Labute approximate surface area is 197 Å². The molecule has 0 radical (unpaired) electrons. The van der Waals surface area contributed by atoms with Gasteiger partial charge in [-0.2, -0.15) is 4.31 Å². The van der Waals surface area contributed by atoms with Gasteiger partial charge in [-0.3, -0.25) is 14.5 Å². The summed E-state index contributed by atoms with van der Waals surface area (Å²) in [6.07, 6.45) is 4.65. The Morgan fingerprint density at radius 3 is 2.27 bits per heavy atom. The lowest BCUT2D eigenvalue weighted by Gasteiger charge is -2.34. The van der Waals surface area contributed by atoms with E-state index in [9.17, 15) is 18.0 Å². The average molecular weight is 481 g/mol. The predicted molar refractivity (Wildman–Crippen MR) is 126 cm³/mol. The summed E-state index contributed by atoms with van der Waals surface area (Å²) in [5, 5.41) is 2.87. The van der Waals surface area contributed by atoms with Gasteiger partial charge in [0.15, 0.2) is 0 Å². The lowest BCUT2D eigenvalue weighted by Crippen LogP contribution is -2.51. The van der Waals surface area contributed by atoms with Crippen LogP contribution in [0.15, 0.2) is 23.1 Å². The molecule has 0 spiro atoms. The van der Waals surface area contributed by atoms with E-state index in [4.69, 9.17) is 4.74 Å². The summed E-state index contributed by atoms with van der Waals surface area (Å²) in [5.74, 6) is 0.0933. The number of piperazine rings is 1. The number of nitrogens with zero attached hydrogens (tertiary/aromatic N) is 3. The van der Waals surface area contributed by atoms with Crippen LogP contribution in [0, 0.1) is 0 Å². The minimum absolute atomic E-state index is 0.00952. The van der Waals surface area contributed by atoms with Crippen molar-refractivity contribution in [3.8, 4) is 5.75 Å². The van der Waals surface area contributed by atoms with Gasteiger partial charge >= 0.3 is 0 Å². The fourth-order valence-electron chi connectivity index (χ4n) is 4.25. The molecule has 184 valence electrons. The highest BCUT2D eigenvalue weighted by atomic mass is 32.2. The highest BCUT2D eigenvalue weighted by Crippen LogP contribution is 2.27. The Balaban J connectivity index is 1.71. The minimum Gasteiger partial charge on any atom is -0.496 e. The maximum absolute atomic E-state index is 13.3. The van der Waals surface area contributed by atoms with E-state index in [0.717, 1.165) is 32.1 Å². The number of ether oxygens (including phenoxy) is 1. The third kappa shape index (κ3) is 6.45. The van der Waals surface area contributed by atoms with Gasteiger partial charge in [0.25, 0.3) is 5.91 Å². The molecule has 1 aromatic rings. The number of amides is 2. The summed E-state index contributed by atoms with van der Waals surface area (Å²) >= 11 is 0.